The molecule has 1 aromatic carbocycles. The molecule has 5 rings (SSSR count). The summed E-state index contributed by atoms with van der Waals surface area (Å²) in [5.41, 5.74) is 2.19. The quantitative estimate of drug-likeness (QED) is 0.357. The first-order chi connectivity index (χ1) is 16.5. The molecular weight excluding hydrogens is 452 g/mol. The van der Waals surface area contributed by atoms with E-state index < -0.39 is 24.4 Å². The fourth-order valence-corrected chi connectivity index (χ4v) is 6.07. The van der Waals surface area contributed by atoms with E-state index in [1.54, 1.807) is 16.2 Å². The number of fused-ring (bicyclic) bond motifs is 1. The highest BCUT2D eigenvalue weighted by Gasteiger charge is 2.45. The molecule has 0 bridgehead atoms. The van der Waals surface area contributed by atoms with Crippen LogP contribution in [0.2, 0.25) is 0 Å². The third-order valence-electron chi connectivity index (χ3n) is 6.90. The van der Waals surface area contributed by atoms with Gasteiger partial charge in [0.15, 0.2) is 0 Å². The predicted octanol–water partition coefficient (Wildman–Crippen LogP) is 3.68. The number of hydrogen-bond acceptors (Lipinski definition) is 6. The zero-order chi connectivity index (χ0) is 23.7. The van der Waals surface area contributed by atoms with Crippen molar-refractivity contribution < 1.29 is 19.2 Å². The van der Waals surface area contributed by atoms with Gasteiger partial charge < -0.3 is 4.90 Å². The Hall–Kier alpha value is -3.07. The lowest BCUT2D eigenvalue weighted by Crippen LogP contribution is -2.46. The van der Waals surface area contributed by atoms with E-state index in [1.807, 2.05) is 24.3 Å². The van der Waals surface area contributed by atoms with Gasteiger partial charge in [-0.05, 0) is 57.1 Å². The van der Waals surface area contributed by atoms with Crippen LogP contribution in [0.1, 0.15) is 55.9 Å². The van der Waals surface area contributed by atoms with Gasteiger partial charge in [0.05, 0.1) is 15.2 Å². The number of aromatic nitrogens is 1. The molecule has 5 amide bonds. The number of carbonyl (C=O) groups excluding carboxylic acids is 4. The molecule has 0 radical (unpaired) electrons. The maximum Gasteiger partial charge on any atom is 0.334 e. The van der Waals surface area contributed by atoms with E-state index in [1.165, 1.54) is 5.57 Å². The average molecular weight is 481 g/mol. The molecule has 3 heterocycles. The zero-order valence-corrected chi connectivity index (χ0v) is 19.9. The van der Waals surface area contributed by atoms with Crippen molar-refractivity contribution in [2.75, 3.05) is 26.2 Å². The molecule has 2 saturated heterocycles. The van der Waals surface area contributed by atoms with E-state index in [0.29, 0.717) is 19.5 Å². The number of piperidine rings is 1. The predicted molar refractivity (Wildman–Crippen MR) is 128 cm³/mol. The van der Waals surface area contributed by atoms with E-state index in [-0.39, 0.29) is 18.4 Å². The maximum absolute atomic E-state index is 13.0. The Morgan fingerprint density at radius 1 is 1.06 bits per heavy atom. The number of rotatable bonds is 6. The van der Waals surface area contributed by atoms with Crippen LogP contribution >= 0.6 is 11.3 Å². The monoisotopic (exact) mass is 480 g/mol. The highest BCUT2D eigenvalue weighted by atomic mass is 32.1. The second kappa shape index (κ2) is 9.66. The van der Waals surface area contributed by atoms with Crippen LogP contribution < -0.4 is 0 Å². The highest BCUT2D eigenvalue weighted by molar-refractivity contribution is 7.18. The van der Waals surface area contributed by atoms with Crippen molar-refractivity contribution in [3.05, 3.63) is 40.9 Å². The van der Waals surface area contributed by atoms with Crippen LogP contribution in [-0.4, -0.2) is 69.6 Å². The van der Waals surface area contributed by atoms with E-state index in [2.05, 4.69) is 6.08 Å². The number of hydrogen-bond donors (Lipinski definition) is 0. The van der Waals surface area contributed by atoms with Crippen molar-refractivity contribution in [1.82, 2.24) is 19.7 Å². The zero-order valence-electron chi connectivity index (χ0n) is 19.1. The van der Waals surface area contributed by atoms with E-state index >= 15 is 0 Å². The van der Waals surface area contributed by atoms with Crippen LogP contribution in [0.5, 0.6) is 0 Å². The number of urea groups is 1. The van der Waals surface area contributed by atoms with Crippen LogP contribution in [0.15, 0.2) is 35.9 Å². The molecule has 0 unspecified atom stereocenters. The largest absolute Gasteiger partial charge is 0.340 e. The first-order valence-corrected chi connectivity index (χ1v) is 12.8. The molecule has 1 atom stereocenters. The molecule has 2 aromatic rings. The van der Waals surface area contributed by atoms with Crippen LogP contribution in [0.25, 0.3) is 10.2 Å². The number of imide groups is 2. The topological polar surface area (TPSA) is 90.9 Å². The summed E-state index contributed by atoms with van der Waals surface area (Å²) in [6.45, 7) is 0.863. The van der Waals surface area contributed by atoms with Gasteiger partial charge in [-0.15, -0.1) is 11.3 Å². The van der Waals surface area contributed by atoms with Crippen LogP contribution in [0.3, 0.4) is 0 Å². The van der Waals surface area contributed by atoms with Gasteiger partial charge in [0.25, 0.3) is 0 Å². The Morgan fingerprint density at radius 2 is 1.88 bits per heavy atom. The number of amides is 5. The van der Waals surface area contributed by atoms with Crippen molar-refractivity contribution in [2.45, 2.75) is 50.9 Å². The highest BCUT2D eigenvalue weighted by Crippen LogP contribution is 2.33. The van der Waals surface area contributed by atoms with Gasteiger partial charge in [-0.3, -0.25) is 19.3 Å². The number of thiazole rings is 1. The smallest absolute Gasteiger partial charge is 0.334 e. The third kappa shape index (κ3) is 4.49. The number of para-hydroxylation sites is 1. The van der Waals surface area contributed by atoms with Gasteiger partial charge in [-0.1, -0.05) is 23.8 Å². The summed E-state index contributed by atoms with van der Waals surface area (Å²) in [5.74, 6) is -1.92. The normalized spacial score (nSPS) is 21.5. The van der Waals surface area contributed by atoms with Crippen molar-refractivity contribution in [3.8, 4) is 0 Å². The lowest BCUT2D eigenvalue weighted by atomic mass is 9.97. The van der Waals surface area contributed by atoms with Crippen LogP contribution in [0, 0.1) is 0 Å². The number of nitrogens with zero attached hydrogens (tertiary/aromatic N) is 4. The second-order valence-corrected chi connectivity index (χ2v) is 10.2. The Bertz CT molecular complexity index is 1140. The molecule has 0 spiro atoms. The molecule has 3 aliphatic rings. The molecule has 9 heteroatoms. The Kier molecular flexibility index (Phi) is 6.45. The molecule has 1 aliphatic carbocycles. The minimum absolute atomic E-state index is 0.127. The number of benzene rings is 1. The van der Waals surface area contributed by atoms with E-state index in [4.69, 9.17) is 4.98 Å². The summed E-state index contributed by atoms with van der Waals surface area (Å²) in [5, 5.41) is 1.00. The van der Waals surface area contributed by atoms with Gasteiger partial charge in [0.2, 0.25) is 5.91 Å². The maximum atomic E-state index is 13.0. The van der Waals surface area contributed by atoms with Gasteiger partial charge in [0, 0.05) is 25.6 Å². The van der Waals surface area contributed by atoms with Crippen molar-refractivity contribution in [2.24, 2.45) is 0 Å². The Morgan fingerprint density at radius 3 is 2.68 bits per heavy atom. The van der Waals surface area contributed by atoms with Gasteiger partial charge in [-0.2, -0.15) is 0 Å². The standard InChI is InChI=1S/C25H28N4O4S/c30-21(27-13-6-9-18(15-27)22-26-19-10-4-5-11-20(19)34-22)16-29-24(32)23(31)28(25(29)33)14-12-17-7-2-1-3-8-17/h4-5,7,10-11,18H,1-3,6,8-9,12-16H2/t18-/m1/s1. The van der Waals surface area contributed by atoms with Gasteiger partial charge >= 0.3 is 17.8 Å². The number of carbonyl (C=O) groups is 4. The minimum Gasteiger partial charge on any atom is -0.340 e. The average Bonchev–Trinajstić information content (AvgIpc) is 3.39. The third-order valence-corrected chi connectivity index (χ3v) is 8.10. The summed E-state index contributed by atoms with van der Waals surface area (Å²) < 4.78 is 1.12. The molecular formula is C25H28N4O4S. The SMILES string of the molecule is O=C(CN1C(=O)C(=O)N(CCC2=CCCCC2)C1=O)N1CCC[C@@H](c2nc3ccccc3s2)C1. The first kappa shape index (κ1) is 22.7. The molecule has 2 aliphatic heterocycles. The first-order valence-electron chi connectivity index (χ1n) is 12.0. The summed E-state index contributed by atoms with van der Waals surface area (Å²) in [7, 11) is 0. The molecule has 34 heavy (non-hydrogen) atoms. The van der Waals surface area contributed by atoms with Crippen molar-refractivity contribution in [3.63, 3.8) is 0 Å². The summed E-state index contributed by atoms with van der Waals surface area (Å²) >= 11 is 1.65. The lowest BCUT2D eigenvalue weighted by molar-refractivity contribution is -0.145. The minimum atomic E-state index is -0.907. The number of allylic oxidation sites excluding steroid dienone is 1. The summed E-state index contributed by atoms with van der Waals surface area (Å²) in [6.07, 6.45) is 8.78. The lowest BCUT2D eigenvalue weighted by Gasteiger charge is -2.32. The summed E-state index contributed by atoms with van der Waals surface area (Å²) in [6, 6.07) is 7.30. The second-order valence-electron chi connectivity index (χ2n) is 9.19. The van der Waals surface area contributed by atoms with Crippen LogP contribution in [0.4, 0.5) is 4.79 Å². The fourth-order valence-electron chi connectivity index (χ4n) is 4.98. The molecule has 0 saturated carbocycles. The Labute approximate surface area is 202 Å². The number of likely N-dealkylation sites (tertiary alicyclic amines) is 1. The molecule has 2 fully saturated rings. The molecule has 8 nitrogen and oxygen atoms in total. The Balaban J connectivity index is 1.21. The molecule has 178 valence electrons. The fraction of sp³-hybridized carbons (Fsp3) is 0.480. The van der Waals surface area contributed by atoms with Gasteiger partial charge in [0.1, 0.15) is 6.54 Å². The van der Waals surface area contributed by atoms with E-state index in [9.17, 15) is 19.2 Å². The van der Waals surface area contributed by atoms with Crippen molar-refractivity contribution >= 4 is 45.3 Å². The van der Waals surface area contributed by atoms with Crippen LogP contribution in [-0.2, 0) is 14.4 Å². The van der Waals surface area contributed by atoms with Crippen molar-refractivity contribution in [1.29, 1.82) is 0 Å². The summed E-state index contributed by atoms with van der Waals surface area (Å²) in [4.78, 5) is 59.0. The van der Waals surface area contributed by atoms with E-state index in [0.717, 1.165) is 63.5 Å². The van der Waals surface area contributed by atoms with Gasteiger partial charge in [-0.25, -0.2) is 14.7 Å². The molecule has 0 N–H and O–H groups in total. The molecule has 1 aromatic heterocycles.